The van der Waals surface area contributed by atoms with E-state index in [2.05, 4.69) is 29.0 Å². The summed E-state index contributed by atoms with van der Waals surface area (Å²) >= 11 is 0. The van der Waals surface area contributed by atoms with Crippen molar-refractivity contribution in [2.75, 3.05) is 24.0 Å². The molecule has 2 atom stereocenters. The van der Waals surface area contributed by atoms with Crippen molar-refractivity contribution in [1.29, 1.82) is 0 Å². The highest BCUT2D eigenvalue weighted by Crippen LogP contribution is 2.12. The first-order valence-electron chi connectivity index (χ1n) is 6.24. The first kappa shape index (κ1) is 15.0. The maximum Gasteiger partial charge on any atom is 0.245 e. The minimum atomic E-state index is -0.821. The molecule has 5 nitrogen and oxygen atoms in total. The Morgan fingerprint density at radius 2 is 1.83 bits per heavy atom. The van der Waals surface area contributed by atoms with Gasteiger partial charge in [-0.25, -0.2) is 4.98 Å². The van der Waals surface area contributed by atoms with Crippen LogP contribution >= 0.6 is 0 Å². The number of anilines is 1. The zero-order valence-corrected chi connectivity index (χ0v) is 12.6. The fraction of sp³-hybridized carbons (Fsp3) is 0.750. The number of aromatic nitrogens is 3. The summed E-state index contributed by atoms with van der Waals surface area (Å²) in [6, 6.07) is 0.134. The third kappa shape index (κ3) is 3.73. The highest BCUT2D eigenvalue weighted by atomic mass is 32.2. The Morgan fingerprint density at radius 3 is 2.33 bits per heavy atom. The Hall–Kier alpha value is -1.04. The van der Waals surface area contributed by atoms with Crippen molar-refractivity contribution in [2.24, 2.45) is 0 Å². The third-order valence-electron chi connectivity index (χ3n) is 2.95. The molecule has 0 aliphatic carbocycles. The molecule has 1 aromatic heterocycles. The van der Waals surface area contributed by atoms with Gasteiger partial charge in [0.1, 0.15) is 0 Å². The lowest BCUT2D eigenvalue weighted by molar-refractivity contribution is 0.667. The van der Waals surface area contributed by atoms with Crippen LogP contribution < -0.4 is 4.90 Å². The molecule has 0 amide bonds. The van der Waals surface area contributed by atoms with E-state index < -0.39 is 10.8 Å². The van der Waals surface area contributed by atoms with Crippen LogP contribution in [-0.4, -0.2) is 44.5 Å². The molecule has 102 valence electrons. The van der Waals surface area contributed by atoms with Crippen molar-refractivity contribution in [1.82, 2.24) is 15.2 Å². The van der Waals surface area contributed by atoms with Crippen LogP contribution in [0.5, 0.6) is 0 Å². The predicted molar refractivity (Wildman–Crippen MR) is 75.4 cm³/mol. The molecule has 1 aromatic rings. The van der Waals surface area contributed by atoms with Crippen molar-refractivity contribution in [2.45, 2.75) is 39.7 Å². The summed E-state index contributed by atoms with van der Waals surface area (Å²) in [5, 5.41) is 8.37. The van der Waals surface area contributed by atoms with Gasteiger partial charge in [-0.2, -0.15) is 5.10 Å². The van der Waals surface area contributed by atoms with E-state index in [1.54, 1.807) is 6.26 Å². The lowest BCUT2D eigenvalue weighted by Gasteiger charge is -2.24. The molecule has 2 unspecified atom stereocenters. The van der Waals surface area contributed by atoms with Crippen molar-refractivity contribution in [3.05, 3.63) is 11.4 Å². The first-order chi connectivity index (χ1) is 8.49. The van der Waals surface area contributed by atoms with Gasteiger partial charge >= 0.3 is 0 Å². The first-order valence-corrected chi connectivity index (χ1v) is 7.97. The van der Waals surface area contributed by atoms with Gasteiger partial charge in [-0.15, -0.1) is 5.10 Å². The van der Waals surface area contributed by atoms with Crippen molar-refractivity contribution < 1.29 is 4.21 Å². The summed E-state index contributed by atoms with van der Waals surface area (Å²) in [5.41, 5.74) is 1.96. The zero-order valence-electron chi connectivity index (χ0n) is 11.8. The van der Waals surface area contributed by atoms with E-state index in [-0.39, 0.29) is 6.04 Å². The van der Waals surface area contributed by atoms with Crippen LogP contribution in [0.3, 0.4) is 0 Å². The van der Waals surface area contributed by atoms with Crippen LogP contribution in [0, 0.1) is 0 Å². The van der Waals surface area contributed by atoms with Crippen molar-refractivity contribution in [3.63, 3.8) is 0 Å². The molecule has 18 heavy (non-hydrogen) atoms. The number of hydrogen-bond acceptors (Lipinski definition) is 5. The number of aryl methyl sites for hydroxylation is 2. The molecule has 0 aliphatic heterocycles. The molecule has 0 radical (unpaired) electrons. The summed E-state index contributed by atoms with van der Waals surface area (Å²) in [4.78, 5) is 6.48. The summed E-state index contributed by atoms with van der Waals surface area (Å²) in [6.07, 6.45) is 3.41. The highest BCUT2D eigenvalue weighted by Gasteiger charge is 2.16. The molecule has 1 rings (SSSR count). The average Bonchev–Trinajstić information content (AvgIpc) is 2.36. The van der Waals surface area contributed by atoms with Crippen LogP contribution in [0.15, 0.2) is 0 Å². The molecule has 0 aromatic carbocycles. The Labute approximate surface area is 111 Å². The van der Waals surface area contributed by atoms with Crippen LogP contribution in [0.4, 0.5) is 5.95 Å². The van der Waals surface area contributed by atoms with Gasteiger partial charge < -0.3 is 4.90 Å². The van der Waals surface area contributed by atoms with Crippen molar-refractivity contribution >= 4 is 16.7 Å². The van der Waals surface area contributed by atoms with E-state index >= 15 is 0 Å². The van der Waals surface area contributed by atoms with E-state index in [0.717, 1.165) is 24.2 Å². The zero-order chi connectivity index (χ0) is 13.7. The topological polar surface area (TPSA) is 59.0 Å². The molecular formula is C12H22N4OS. The summed E-state index contributed by atoms with van der Waals surface area (Å²) in [6.45, 7) is 6.14. The molecule has 0 spiro atoms. The summed E-state index contributed by atoms with van der Waals surface area (Å²) in [5.74, 6) is 1.22. The van der Waals surface area contributed by atoms with Gasteiger partial charge in [-0.3, -0.25) is 4.21 Å². The van der Waals surface area contributed by atoms with E-state index in [0.29, 0.717) is 11.7 Å². The standard InChI is InChI=1S/C12H22N4OS/c1-6-10-11(7-2)14-15-12(13-10)16(4)9(3)8-18(5)17/h9H,6-8H2,1-5H3. The van der Waals surface area contributed by atoms with Gasteiger partial charge in [-0.1, -0.05) is 13.8 Å². The molecule has 6 heteroatoms. The Morgan fingerprint density at radius 1 is 1.22 bits per heavy atom. The second-order valence-electron chi connectivity index (χ2n) is 4.41. The minimum absolute atomic E-state index is 0.134. The van der Waals surface area contributed by atoms with Gasteiger partial charge in [0.15, 0.2) is 0 Å². The molecular weight excluding hydrogens is 248 g/mol. The quantitative estimate of drug-likeness (QED) is 0.777. The summed E-state index contributed by atoms with van der Waals surface area (Å²) < 4.78 is 11.2. The molecule has 0 saturated heterocycles. The Balaban J connectivity index is 2.92. The van der Waals surface area contributed by atoms with Crippen LogP contribution in [0.1, 0.15) is 32.2 Å². The van der Waals surface area contributed by atoms with E-state index in [1.165, 1.54) is 0 Å². The summed E-state index contributed by atoms with van der Waals surface area (Å²) in [7, 11) is 1.10. The Bertz CT molecular complexity index is 425. The SMILES string of the molecule is CCc1nnc(N(C)C(C)CS(C)=O)nc1CC. The maximum atomic E-state index is 11.2. The number of rotatable bonds is 6. The second kappa shape index (κ2) is 6.78. The smallest absolute Gasteiger partial charge is 0.245 e. The molecule has 0 aliphatic rings. The van der Waals surface area contributed by atoms with Gasteiger partial charge in [0.2, 0.25) is 5.95 Å². The minimum Gasteiger partial charge on any atom is -0.339 e. The Kier molecular flexibility index (Phi) is 5.65. The molecule has 0 saturated carbocycles. The molecule has 0 bridgehead atoms. The fourth-order valence-electron chi connectivity index (χ4n) is 1.73. The second-order valence-corrected chi connectivity index (χ2v) is 5.89. The lowest BCUT2D eigenvalue weighted by Crippen LogP contribution is -2.35. The van der Waals surface area contributed by atoms with Gasteiger partial charge in [0.05, 0.1) is 11.4 Å². The fourth-order valence-corrected chi connectivity index (χ4v) is 2.63. The lowest BCUT2D eigenvalue weighted by atomic mass is 10.2. The van der Waals surface area contributed by atoms with Gasteiger partial charge in [0, 0.05) is 35.9 Å². The predicted octanol–water partition coefficient (Wildman–Crippen LogP) is 1.20. The average molecular weight is 270 g/mol. The maximum absolute atomic E-state index is 11.2. The number of nitrogens with zero attached hydrogens (tertiary/aromatic N) is 4. The van der Waals surface area contributed by atoms with Crippen LogP contribution in [0.2, 0.25) is 0 Å². The van der Waals surface area contributed by atoms with Gasteiger partial charge in [-0.05, 0) is 19.8 Å². The highest BCUT2D eigenvalue weighted by molar-refractivity contribution is 7.84. The molecule has 0 fully saturated rings. The van der Waals surface area contributed by atoms with Crippen molar-refractivity contribution in [3.8, 4) is 0 Å². The molecule has 1 heterocycles. The molecule has 0 N–H and O–H groups in total. The monoisotopic (exact) mass is 270 g/mol. The van der Waals surface area contributed by atoms with Crippen LogP contribution in [-0.2, 0) is 23.6 Å². The third-order valence-corrected chi connectivity index (χ3v) is 3.90. The number of hydrogen-bond donors (Lipinski definition) is 0. The largest absolute Gasteiger partial charge is 0.339 e. The van der Waals surface area contributed by atoms with Crippen LogP contribution in [0.25, 0.3) is 0 Å². The van der Waals surface area contributed by atoms with Gasteiger partial charge in [0.25, 0.3) is 0 Å². The van der Waals surface area contributed by atoms with E-state index in [4.69, 9.17) is 0 Å². The normalized spacial score (nSPS) is 14.3. The van der Waals surface area contributed by atoms with E-state index in [9.17, 15) is 4.21 Å². The van der Waals surface area contributed by atoms with E-state index in [1.807, 2.05) is 18.9 Å².